The molecule has 0 fully saturated rings. The summed E-state index contributed by atoms with van der Waals surface area (Å²) in [5, 5.41) is 21.6. The Bertz CT molecular complexity index is 344. The molecule has 0 aliphatic heterocycles. The van der Waals surface area contributed by atoms with Crippen molar-refractivity contribution in [1.82, 2.24) is 0 Å². The van der Waals surface area contributed by atoms with Gasteiger partial charge >= 0.3 is 8.80 Å². The molecule has 0 saturated heterocycles. The number of carboxylic acids is 3. The molecule has 7 N–H and O–H groups in total. The highest BCUT2D eigenvalue weighted by atomic mass is 28.4. The second kappa shape index (κ2) is 18.2. The van der Waals surface area contributed by atoms with Crippen molar-refractivity contribution in [1.29, 1.82) is 0 Å². The Labute approximate surface area is 155 Å². The third-order valence-corrected chi connectivity index (χ3v) is 5.76. The van der Waals surface area contributed by atoms with Gasteiger partial charge in [0.25, 0.3) is 17.9 Å². The van der Waals surface area contributed by atoms with Crippen molar-refractivity contribution in [3.8, 4) is 0 Å². The maximum Gasteiger partial charge on any atom is 0.522 e. The molecule has 1 unspecified atom stereocenters. The largest absolute Gasteiger partial charge is 0.522 e. The molecular weight excluding hydrogens is 368 g/mol. The molecule has 0 aromatic heterocycles. The standard InChI is InChI=1S/C8H22N2O3Si.3C2H4O2/c1-5-6-8(10,7-9)14(11-2,12-3)13-4;3*1-2(3)4/h5-7,9-10H2,1-4H3;3*1H3,(H,3,4). The van der Waals surface area contributed by atoms with Gasteiger partial charge in [0, 0.05) is 48.6 Å². The third-order valence-electron chi connectivity index (χ3n) is 2.48. The Hall–Kier alpha value is -1.57. The van der Waals surface area contributed by atoms with Gasteiger partial charge in [0.05, 0.1) is 5.16 Å². The van der Waals surface area contributed by atoms with E-state index in [-0.39, 0.29) is 0 Å². The number of nitrogens with two attached hydrogens (primary N) is 2. The van der Waals surface area contributed by atoms with Crippen LogP contribution in [0.1, 0.15) is 40.5 Å². The molecule has 0 aliphatic rings. The van der Waals surface area contributed by atoms with Gasteiger partial charge in [-0.25, -0.2) is 0 Å². The van der Waals surface area contributed by atoms with E-state index in [1.165, 1.54) is 0 Å². The quantitative estimate of drug-likeness (QED) is 0.363. The topological polar surface area (TPSA) is 192 Å². The smallest absolute Gasteiger partial charge is 0.481 e. The number of hydrogen-bond donors (Lipinski definition) is 5. The van der Waals surface area contributed by atoms with Gasteiger partial charge in [-0.15, -0.1) is 0 Å². The summed E-state index contributed by atoms with van der Waals surface area (Å²) in [4.78, 5) is 27.0. The minimum Gasteiger partial charge on any atom is -0.481 e. The molecule has 0 radical (unpaired) electrons. The van der Waals surface area contributed by atoms with Crippen LogP contribution in [0.5, 0.6) is 0 Å². The van der Waals surface area contributed by atoms with Crippen LogP contribution in [0.15, 0.2) is 0 Å². The molecule has 0 amide bonds. The molecule has 0 aromatic rings. The van der Waals surface area contributed by atoms with E-state index in [4.69, 9.17) is 54.4 Å². The van der Waals surface area contributed by atoms with Crippen molar-refractivity contribution in [3.63, 3.8) is 0 Å². The van der Waals surface area contributed by atoms with Crippen LogP contribution in [0, 0.1) is 0 Å². The lowest BCUT2D eigenvalue weighted by Gasteiger charge is -2.39. The van der Waals surface area contributed by atoms with Gasteiger partial charge in [-0.1, -0.05) is 13.3 Å². The first-order valence-electron chi connectivity index (χ1n) is 7.48. The number of rotatable bonds is 7. The maximum absolute atomic E-state index is 9.00. The Balaban J connectivity index is -0.000000164. The summed E-state index contributed by atoms with van der Waals surface area (Å²) in [6.45, 7) is 5.58. The fraction of sp³-hybridized carbons (Fsp3) is 0.786. The van der Waals surface area contributed by atoms with Crippen molar-refractivity contribution < 1.29 is 43.0 Å². The predicted octanol–water partition coefficient (Wildman–Crippen LogP) is 0.133. The Kier molecular flexibility index (Phi) is 22.5. The highest BCUT2D eigenvalue weighted by molar-refractivity contribution is 6.64. The van der Waals surface area contributed by atoms with Crippen molar-refractivity contribution in [2.75, 3.05) is 27.9 Å². The molecule has 0 aliphatic carbocycles. The zero-order valence-corrected chi connectivity index (χ0v) is 17.6. The SMILES string of the molecule is CC(=O)O.CC(=O)O.CC(=O)O.CCCC(N)(CN)[Si](OC)(OC)OC. The van der Waals surface area contributed by atoms with E-state index >= 15 is 0 Å². The Morgan fingerprint density at radius 2 is 1.12 bits per heavy atom. The van der Waals surface area contributed by atoms with Crippen LogP contribution in [-0.2, 0) is 27.7 Å². The molecule has 1 atom stereocenters. The summed E-state index contributed by atoms with van der Waals surface area (Å²) in [6.07, 6.45) is 1.64. The minimum absolute atomic E-state index is 0.294. The van der Waals surface area contributed by atoms with Crippen LogP contribution in [-0.4, -0.2) is 75.1 Å². The summed E-state index contributed by atoms with van der Waals surface area (Å²) in [5.41, 5.74) is 11.9. The predicted molar refractivity (Wildman–Crippen MR) is 97.6 cm³/mol. The lowest BCUT2D eigenvalue weighted by Crippen LogP contribution is -2.72. The average Bonchev–Trinajstić information content (AvgIpc) is 2.48. The number of hydrogen-bond acceptors (Lipinski definition) is 8. The molecule has 0 aromatic carbocycles. The highest BCUT2D eigenvalue weighted by Gasteiger charge is 2.56. The minimum atomic E-state index is -2.84. The van der Waals surface area contributed by atoms with E-state index in [2.05, 4.69) is 0 Å². The van der Waals surface area contributed by atoms with Crippen LogP contribution in [0.4, 0.5) is 0 Å². The Morgan fingerprint density at radius 1 is 0.885 bits per heavy atom. The van der Waals surface area contributed by atoms with Crippen molar-refractivity contribution in [2.45, 2.75) is 45.7 Å². The van der Waals surface area contributed by atoms with Gasteiger partial charge < -0.3 is 40.1 Å². The highest BCUT2D eigenvalue weighted by Crippen LogP contribution is 2.24. The lowest BCUT2D eigenvalue weighted by atomic mass is 10.2. The van der Waals surface area contributed by atoms with Crippen LogP contribution in [0.3, 0.4) is 0 Å². The van der Waals surface area contributed by atoms with Gasteiger partial charge in [0.15, 0.2) is 0 Å². The molecule has 0 heterocycles. The van der Waals surface area contributed by atoms with Crippen molar-refractivity contribution in [3.05, 3.63) is 0 Å². The van der Waals surface area contributed by atoms with E-state index in [1.54, 1.807) is 21.3 Å². The van der Waals surface area contributed by atoms with E-state index in [0.29, 0.717) is 6.54 Å². The van der Waals surface area contributed by atoms with E-state index in [1.807, 2.05) is 6.92 Å². The molecule has 11 nitrogen and oxygen atoms in total. The second-order valence-electron chi connectivity index (χ2n) is 4.84. The normalized spacial score (nSPS) is 11.9. The number of carboxylic acid groups (broad SMARTS) is 3. The summed E-state index contributed by atoms with van der Waals surface area (Å²) in [5.74, 6) is -2.50. The van der Waals surface area contributed by atoms with Gasteiger partial charge in [-0.2, -0.15) is 0 Å². The van der Waals surface area contributed by atoms with Crippen molar-refractivity contribution >= 4 is 26.7 Å². The zero-order chi connectivity index (χ0) is 22.0. The number of carbonyl (C=O) groups is 3. The van der Waals surface area contributed by atoms with Crippen LogP contribution < -0.4 is 11.5 Å². The van der Waals surface area contributed by atoms with Gasteiger partial charge in [0.2, 0.25) is 0 Å². The molecule has 0 spiro atoms. The van der Waals surface area contributed by atoms with E-state index in [9.17, 15) is 0 Å². The first kappa shape index (κ1) is 32.1. The zero-order valence-electron chi connectivity index (χ0n) is 16.6. The summed E-state index contributed by atoms with van der Waals surface area (Å²) in [7, 11) is 1.80. The molecule has 0 bridgehead atoms. The molecule has 0 rings (SSSR count). The van der Waals surface area contributed by atoms with Gasteiger partial charge in [0.1, 0.15) is 0 Å². The molecule has 26 heavy (non-hydrogen) atoms. The molecule has 158 valence electrons. The fourth-order valence-electron chi connectivity index (χ4n) is 1.69. The van der Waals surface area contributed by atoms with Crippen LogP contribution >= 0.6 is 0 Å². The van der Waals surface area contributed by atoms with E-state index in [0.717, 1.165) is 33.6 Å². The maximum atomic E-state index is 9.00. The molecule has 12 heteroatoms. The van der Waals surface area contributed by atoms with Gasteiger partial charge in [-0.3, -0.25) is 14.4 Å². The summed E-state index contributed by atoms with van der Waals surface area (Å²) < 4.78 is 16.0. The Morgan fingerprint density at radius 3 is 1.23 bits per heavy atom. The van der Waals surface area contributed by atoms with Crippen LogP contribution in [0.25, 0.3) is 0 Å². The van der Waals surface area contributed by atoms with E-state index < -0.39 is 31.9 Å². The van der Waals surface area contributed by atoms with Crippen LogP contribution in [0.2, 0.25) is 0 Å². The summed E-state index contributed by atoms with van der Waals surface area (Å²) in [6, 6.07) is 0. The molecule has 0 saturated carbocycles. The summed E-state index contributed by atoms with van der Waals surface area (Å²) >= 11 is 0. The first-order chi connectivity index (χ1) is 11.7. The van der Waals surface area contributed by atoms with Gasteiger partial charge in [-0.05, 0) is 6.42 Å². The monoisotopic (exact) mass is 402 g/mol. The third kappa shape index (κ3) is 18.8. The van der Waals surface area contributed by atoms with Crippen molar-refractivity contribution in [2.24, 2.45) is 11.5 Å². The first-order valence-corrected chi connectivity index (χ1v) is 9.21. The molecular formula is C14H34N2O9Si. The number of aliphatic carboxylic acids is 3. The fourth-order valence-corrected chi connectivity index (χ4v) is 4.21. The second-order valence-corrected chi connectivity index (χ2v) is 8.17. The average molecular weight is 403 g/mol. The lowest BCUT2D eigenvalue weighted by molar-refractivity contribution is -0.135.